The summed E-state index contributed by atoms with van der Waals surface area (Å²) in [6.45, 7) is 17.4. The highest BCUT2D eigenvalue weighted by molar-refractivity contribution is 5.79. The highest BCUT2D eigenvalue weighted by Crippen LogP contribution is 2.08. The summed E-state index contributed by atoms with van der Waals surface area (Å²) in [6, 6.07) is 0.482. The normalized spacial score (nSPS) is 24.0. The molecule has 0 saturated carbocycles. The third-order valence-corrected chi connectivity index (χ3v) is 5.19. The molecule has 0 aliphatic carbocycles. The molecule has 2 heterocycles. The Kier molecular flexibility index (Phi) is 10.3. The third kappa shape index (κ3) is 7.78. The van der Waals surface area contributed by atoms with E-state index in [2.05, 4.69) is 41.2 Å². The zero-order valence-electron chi connectivity index (χ0n) is 17.0. The Hall–Kier alpha value is -0.890. The standard InChI is InChI=1S/C19H39N5O2/c1-4-20-19(21-8-6-13-26-18-7-14-25-16-18)22-15-17(3)24-11-9-23(5-2)10-12-24/h17-18H,4-16H2,1-3H3,(H2,20,21,22). The van der Waals surface area contributed by atoms with E-state index < -0.39 is 0 Å². The highest BCUT2D eigenvalue weighted by Gasteiger charge is 2.20. The Morgan fingerprint density at radius 1 is 1.23 bits per heavy atom. The van der Waals surface area contributed by atoms with Crippen LogP contribution in [0.1, 0.15) is 33.6 Å². The van der Waals surface area contributed by atoms with Crippen LogP contribution in [-0.4, -0.2) is 100 Å². The lowest BCUT2D eigenvalue weighted by Gasteiger charge is -2.37. The Balaban J connectivity index is 1.63. The summed E-state index contributed by atoms with van der Waals surface area (Å²) in [6.07, 6.45) is 2.31. The SMILES string of the molecule is CCNC(=NCC(C)N1CCN(CC)CC1)NCCCOC1CCOC1. The lowest BCUT2D eigenvalue weighted by atomic mass is 10.2. The van der Waals surface area contributed by atoms with Gasteiger partial charge in [0.05, 0.1) is 19.3 Å². The number of hydrogen-bond donors (Lipinski definition) is 2. The van der Waals surface area contributed by atoms with Gasteiger partial charge in [0.15, 0.2) is 5.96 Å². The number of nitrogens with zero attached hydrogens (tertiary/aromatic N) is 3. The van der Waals surface area contributed by atoms with Crippen molar-refractivity contribution in [3.63, 3.8) is 0 Å². The van der Waals surface area contributed by atoms with Crippen molar-refractivity contribution in [2.45, 2.75) is 45.8 Å². The second-order valence-corrected chi connectivity index (χ2v) is 7.18. The molecular formula is C19H39N5O2. The number of guanidine groups is 1. The average molecular weight is 370 g/mol. The van der Waals surface area contributed by atoms with Gasteiger partial charge in [0.1, 0.15) is 0 Å². The van der Waals surface area contributed by atoms with E-state index >= 15 is 0 Å². The molecule has 2 rings (SSSR count). The van der Waals surface area contributed by atoms with Gasteiger partial charge in [-0.15, -0.1) is 0 Å². The van der Waals surface area contributed by atoms with Gasteiger partial charge in [0, 0.05) is 58.5 Å². The molecule has 2 N–H and O–H groups in total. The fraction of sp³-hybridized carbons (Fsp3) is 0.947. The molecule has 0 bridgehead atoms. The second-order valence-electron chi connectivity index (χ2n) is 7.18. The minimum Gasteiger partial charge on any atom is -0.379 e. The van der Waals surface area contributed by atoms with Gasteiger partial charge in [-0.25, -0.2) is 0 Å². The number of hydrogen-bond acceptors (Lipinski definition) is 5. The molecule has 0 aromatic heterocycles. The molecule has 7 nitrogen and oxygen atoms in total. The van der Waals surface area contributed by atoms with Gasteiger partial charge in [0.2, 0.25) is 0 Å². The predicted octanol–water partition coefficient (Wildman–Crippen LogP) is 0.763. The van der Waals surface area contributed by atoms with Crippen LogP contribution in [0.5, 0.6) is 0 Å². The van der Waals surface area contributed by atoms with Crippen LogP contribution < -0.4 is 10.6 Å². The molecule has 152 valence electrons. The van der Waals surface area contributed by atoms with Crippen molar-refractivity contribution in [2.24, 2.45) is 4.99 Å². The molecule has 2 saturated heterocycles. The van der Waals surface area contributed by atoms with E-state index in [9.17, 15) is 0 Å². The Labute approximate surface area is 159 Å². The fourth-order valence-corrected chi connectivity index (χ4v) is 3.37. The average Bonchev–Trinajstić information content (AvgIpc) is 3.19. The number of likely N-dealkylation sites (N-methyl/N-ethyl adjacent to an activating group) is 1. The van der Waals surface area contributed by atoms with Gasteiger partial charge in [-0.1, -0.05) is 6.92 Å². The van der Waals surface area contributed by atoms with E-state index in [1.165, 1.54) is 13.1 Å². The van der Waals surface area contributed by atoms with Crippen LogP contribution in [0.25, 0.3) is 0 Å². The Morgan fingerprint density at radius 2 is 2.04 bits per heavy atom. The topological polar surface area (TPSA) is 61.4 Å². The van der Waals surface area contributed by atoms with Crippen LogP contribution >= 0.6 is 0 Å². The van der Waals surface area contributed by atoms with E-state index in [-0.39, 0.29) is 0 Å². The van der Waals surface area contributed by atoms with Crippen LogP contribution in [0.3, 0.4) is 0 Å². The van der Waals surface area contributed by atoms with E-state index in [1.807, 2.05) is 0 Å². The maximum absolute atomic E-state index is 5.80. The van der Waals surface area contributed by atoms with Crippen molar-refractivity contribution in [1.82, 2.24) is 20.4 Å². The maximum atomic E-state index is 5.80. The van der Waals surface area contributed by atoms with E-state index in [4.69, 9.17) is 14.5 Å². The molecule has 0 aromatic carbocycles. The molecule has 7 heteroatoms. The fourth-order valence-electron chi connectivity index (χ4n) is 3.37. The van der Waals surface area contributed by atoms with Gasteiger partial charge in [-0.05, 0) is 33.2 Å². The van der Waals surface area contributed by atoms with Gasteiger partial charge in [-0.2, -0.15) is 0 Å². The number of aliphatic imine (C=N–C) groups is 1. The molecule has 26 heavy (non-hydrogen) atoms. The summed E-state index contributed by atoms with van der Waals surface area (Å²) < 4.78 is 11.1. The first-order valence-electron chi connectivity index (χ1n) is 10.4. The minimum atomic E-state index is 0.297. The first-order chi connectivity index (χ1) is 12.7. The summed E-state index contributed by atoms with van der Waals surface area (Å²) in [5.41, 5.74) is 0. The van der Waals surface area contributed by atoms with Crippen molar-refractivity contribution in [3.8, 4) is 0 Å². The molecule has 0 aromatic rings. The van der Waals surface area contributed by atoms with Crippen LogP contribution in [0.15, 0.2) is 4.99 Å². The Morgan fingerprint density at radius 3 is 2.69 bits per heavy atom. The summed E-state index contributed by atoms with van der Waals surface area (Å²) in [7, 11) is 0. The number of piperazine rings is 1. The minimum absolute atomic E-state index is 0.297. The van der Waals surface area contributed by atoms with Crippen molar-refractivity contribution in [3.05, 3.63) is 0 Å². The zero-order chi connectivity index (χ0) is 18.6. The van der Waals surface area contributed by atoms with E-state index in [0.717, 1.165) is 77.9 Å². The van der Waals surface area contributed by atoms with Gasteiger partial charge in [-0.3, -0.25) is 9.89 Å². The molecule has 0 amide bonds. The third-order valence-electron chi connectivity index (χ3n) is 5.19. The smallest absolute Gasteiger partial charge is 0.191 e. The molecule has 2 fully saturated rings. The first kappa shape index (κ1) is 21.4. The molecule has 2 unspecified atom stereocenters. The Bertz CT molecular complexity index is 393. The molecular weight excluding hydrogens is 330 g/mol. The summed E-state index contributed by atoms with van der Waals surface area (Å²) >= 11 is 0. The quantitative estimate of drug-likeness (QED) is 0.337. The van der Waals surface area contributed by atoms with Crippen LogP contribution in [-0.2, 0) is 9.47 Å². The predicted molar refractivity (Wildman–Crippen MR) is 107 cm³/mol. The maximum Gasteiger partial charge on any atom is 0.191 e. The largest absolute Gasteiger partial charge is 0.379 e. The molecule has 2 atom stereocenters. The summed E-state index contributed by atoms with van der Waals surface area (Å²) in [5, 5.41) is 6.76. The lowest BCUT2D eigenvalue weighted by molar-refractivity contribution is 0.0420. The van der Waals surface area contributed by atoms with Gasteiger partial charge < -0.3 is 25.0 Å². The lowest BCUT2D eigenvalue weighted by Crippen LogP contribution is -2.50. The van der Waals surface area contributed by atoms with Crippen molar-refractivity contribution in [2.75, 3.05) is 72.2 Å². The number of rotatable bonds is 10. The van der Waals surface area contributed by atoms with Crippen molar-refractivity contribution < 1.29 is 9.47 Å². The summed E-state index contributed by atoms with van der Waals surface area (Å²) in [5.74, 6) is 0.913. The van der Waals surface area contributed by atoms with E-state index in [1.54, 1.807) is 0 Å². The van der Waals surface area contributed by atoms with E-state index in [0.29, 0.717) is 12.1 Å². The zero-order valence-corrected chi connectivity index (χ0v) is 17.0. The van der Waals surface area contributed by atoms with Gasteiger partial charge >= 0.3 is 0 Å². The van der Waals surface area contributed by atoms with Gasteiger partial charge in [0.25, 0.3) is 0 Å². The number of nitrogens with one attached hydrogen (secondary N) is 2. The first-order valence-corrected chi connectivity index (χ1v) is 10.4. The summed E-state index contributed by atoms with van der Waals surface area (Å²) in [4.78, 5) is 9.85. The second kappa shape index (κ2) is 12.5. The van der Waals surface area contributed by atoms with Crippen LogP contribution in [0.4, 0.5) is 0 Å². The monoisotopic (exact) mass is 369 g/mol. The molecule has 2 aliphatic heterocycles. The van der Waals surface area contributed by atoms with Crippen LogP contribution in [0, 0.1) is 0 Å². The molecule has 0 radical (unpaired) electrons. The van der Waals surface area contributed by atoms with Crippen molar-refractivity contribution in [1.29, 1.82) is 0 Å². The molecule has 2 aliphatic rings. The highest BCUT2D eigenvalue weighted by atomic mass is 16.5. The molecule has 0 spiro atoms. The number of ether oxygens (including phenoxy) is 2. The van der Waals surface area contributed by atoms with Crippen molar-refractivity contribution >= 4 is 5.96 Å². The van der Waals surface area contributed by atoms with Crippen LogP contribution in [0.2, 0.25) is 0 Å².